The lowest BCUT2D eigenvalue weighted by atomic mass is 10.0. The van der Waals surface area contributed by atoms with E-state index in [4.69, 9.17) is 15.2 Å². The Morgan fingerprint density at radius 1 is 1.18 bits per heavy atom. The number of carbonyl (C=O) groups is 1. The molecule has 1 amide bonds. The number of ether oxygens (including phenoxy) is 2. The van der Waals surface area contributed by atoms with E-state index in [9.17, 15) is 4.79 Å². The third kappa shape index (κ3) is 5.16. The Bertz CT molecular complexity index is 760. The van der Waals surface area contributed by atoms with Crippen LogP contribution < -0.4 is 25.4 Å². The van der Waals surface area contributed by atoms with Gasteiger partial charge in [-0.25, -0.2) is 0 Å². The number of hydrogen-bond acceptors (Lipinski definition) is 5. The van der Waals surface area contributed by atoms with E-state index in [0.717, 1.165) is 42.3 Å². The summed E-state index contributed by atoms with van der Waals surface area (Å²) in [5.74, 6) is 1.97. The fourth-order valence-corrected chi connectivity index (χ4v) is 3.56. The van der Waals surface area contributed by atoms with Gasteiger partial charge in [-0.15, -0.1) is 0 Å². The normalized spacial score (nSPS) is 17.2. The predicted octanol–water partition coefficient (Wildman–Crippen LogP) is 2.74. The molecule has 3 rings (SSSR count). The van der Waals surface area contributed by atoms with Crippen molar-refractivity contribution in [2.75, 3.05) is 38.8 Å². The molecular weight excluding hydrogens is 354 g/mol. The minimum Gasteiger partial charge on any atom is -0.497 e. The first-order valence-corrected chi connectivity index (χ1v) is 9.64. The molecule has 1 aliphatic heterocycles. The lowest BCUT2D eigenvalue weighted by Gasteiger charge is -2.20. The third-order valence-corrected chi connectivity index (χ3v) is 5.21. The van der Waals surface area contributed by atoms with Gasteiger partial charge in [-0.2, -0.15) is 0 Å². The standard InChI is InChI=1S/C22H29N3O3/c1-27-19-10-18(11-20(12-19)28-2)25-9-8-16(15-25)14-24-22(26)13-21(23)17-6-4-3-5-7-17/h3-7,10-12,16,21H,8-9,13-15,23H2,1-2H3,(H,24,26). The minimum absolute atomic E-state index is 0.00199. The molecule has 6 heteroatoms. The van der Waals surface area contributed by atoms with Gasteiger partial charge in [-0.3, -0.25) is 4.79 Å². The lowest BCUT2D eigenvalue weighted by molar-refractivity contribution is -0.121. The summed E-state index contributed by atoms with van der Waals surface area (Å²) < 4.78 is 10.7. The molecule has 28 heavy (non-hydrogen) atoms. The third-order valence-electron chi connectivity index (χ3n) is 5.21. The number of methoxy groups -OCH3 is 2. The summed E-state index contributed by atoms with van der Waals surface area (Å²) in [7, 11) is 3.31. The first kappa shape index (κ1) is 20.0. The number of anilines is 1. The Morgan fingerprint density at radius 3 is 2.50 bits per heavy atom. The predicted molar refractivity (Wildman–Crippen MR) is 111 cm³/mol. The molecule has 0 bridgehead atoms. The first-order valence-electron chi connectivity index (χ1n) is 9.64. The van der Waals surface area contributed by atoms with Crippen LogP contribution in [-0.2, 0) is 4.79 Å². The number of rotatable bonds is 8. The van der Waals surface area contributed by atoms with Gasteiger partial charge in [0.1, 0.15) is 11.5 Å². The van der Waals surface area contributed by atoms with Gasteiger partial charge >= 0.3 is 0 Å². The second-order valence-electron chi connectivity index (χ2n) is 7.20. The van der Waals surface area contributed by atoms with E-state index in [1.165, 1.54) is 0 Å². The Morgan fingerprint density at radius 2 is 1.86 bits per heavy atom. The molecular formula is C22H29N3O3. The summed E-state index contributed by atoms with van der Waals surface area (Å²) in [6.45, 7) is 2.50. The largest absolute Gasteiger partial charge is 0.497 e. The van der Waals surface area contributed by atoms with Crippen molar-refractivity contribution in [2.45, 2.75) is 18.9 Å². The molecule has 6 nitrogen and oxygen atoms in total. The zero-order valence-corrected chi connectivity index (χ0v) is 16.6. The van der Waals surface area contributed by atoms with Crippen molar-refractivity contribution in [1.29, 1.82) is 0 Å². The van der Waals surface area contributed by atoms with Crippen LogP contribution >= 0.6 is 0 Å². The Labute approximate surface area is 166 Å². The van der Waals surface area contributed by atoms with E-state index >= 15 is 0 Å². The molecule has 2 aromatic carbocycles. The molecule has 0 radical (unpaired) electrons. The molecule has 0 aromatic heterocycles. The van der Waals surface area contributed by atoms with Crippen molar-refractivity contribution >= 4 is 11.6 Å². The number of nitrogens with one attached hydrogen (secondary N) is 1. The zero-order chi connectivity index (χ0) is 19.9. The van der Waals surface area contributed by atoms with E-state index in [-0.39, 0.29) is 11.9 Å². The topological polar surface area (TPSA) is 76.8 Å². The molecule has 1 saturated heterocycles. The van der Waals surface area contributed by atoms with Gasteiger partial charge in [-0.1, -0.05) is 30.3 Å². The fourth-order valence-electron chi connectivity index (χ4n) is 3.56. The van der Waals surface area contributed by atoms with E-state index in [1.54, 1.807) is 14.2 Å². The molecule has 0 saturated carbocycles. The second kappa shape index (κ2) is 9.46. The molecule has 0 aliphatic carbocycles. The molecule has 3 N–H and O–H groups in total. The summed E-state index contributed by atoms with van der Waals surface area (Å²) in [5.41, 5.74) is 8.20. The van der Waals surface area contributed by atoms with Gasteiger partial charge in [0, 0.05) is 56.0 Å². The zero-order valence-electron chi connectivity index (χ0n) is 16.6. The van der Waals surface area contributed by atoms with Crippen LogP contribution in [0, 0.1) is 5.92 Å². The number of carbonyl (C=O) groups excluding carboxylic acids is 1. The summed E-state index contributed by atoms with van der Waals surface area (Å²) in [4.78, 5) is 14.6. The van der Waals surface area contributed by atoms with Gasteiger partial charge < -0.3 is 25.4 Å². The van der Waals surface area contributed by atoms with Crippen molar-refractivity contribution in [1.82, 2.24) is 5.32 Å². The van der Waals surface area contributed by atoms with Crippen LogP contribution in [0.3, 0.4) is 0 Å². The van der Waals surface area contributed by atoms with Crippen LogP contribution in [0.1, 0.15) is 24.4 Å². The van der Waals surface area contributed by atoms with Crippen LogP contribution in [0.4, 0.5) is 5.69 Å². The van der Waals surface area contributed by atoms with Crippen molar-refractivity contribution in [3.05, 3.63) is 54.1 Å². The number of hydrogen-bond donors (Lipinski definition) is 2. The van der Waals surface area contributed by atoms with Crippen molar-refractivity contribution in [2.24, 2.45) is 11.7 Å². The highest BCUT2D eigenvalue weighted by molar-refractivity contribution is 5.76. The average molecular weight is 383 g/mol. The molecule has 1 fully saturated rings. The quantitative estimate of drug-likeness (QED) is 0.733. The smallest absolute Gasteiger partial charge is 0.221 e. The molecule has 2 atom stereocenters. The van der Waals surface area contributed by atoms with Gasteiger partial charge in [0.05, 0.1) is 14.2 Å². The highest BCUT2D eigenvalue weighted by atomic mass is 16.5. The fraction of sp³-hybridized carbons (Fsp3) is 0.409. The average Bonchev–Trinajstić information content (AvgIpc) is 3.21. The van der Waals surface area contributed by atoms with Crippen LogP contribution in [0.5, 0.6) is 11.5 Å². The van der Waals surface area contributed by atoms with Gasteiger partial charge in [0.15, 0.2) is 0 Å². The van der Waals surface area contributed by atoms with Crippen LogP contribution in [0.25, 0.3) is 0 Å². The molecule has 1 aliphatic rings. The van der Waals surface area contributed by atoms with Crippen LogP contribution in [-0.4, -0.2) is 39.8 Å². The highest BCUT2D eigenvalue weighted by Gasteiger charge is 2.24. The highest BCUT2D eigenvalue weighted by Crippen LogP contribution is 2.31. The van der Waals surface area contributed by atoms with Gasteiger partial charge in [-0.05, 0) is 17.9 Å². The maximum atomic E-state index is 12.3. The maximum Gasteiger partial charge on any atom is 0.221 e. The molecule has 2 unspecified atom stereocenters. The van der Waals surface area contributed by atoms with Gasteiger partial charge in [0.25, 0.3) is 0 Å². The summed E-state index contributed by atoms with van der Waals surface area (Å²) >= 11 is 0. The molecule has 1 heterocycles. The molecule has 0 spiro atoms. The summed E-state index contributed by atoms with van der Waals surface area (Å²) in [6, 6.07) is 15.4. The Hall–Kier alpha value is -2.73. The summed E-state index contributed by atoms with van der Waals surface area (Å²) in [5, 5.41) is 3.05. The molecule has 2 aromatic rings. The Kier molecular flexibility index (Phi) is 6.76. The number of nitrogens with zero attached hydrogens (tertiary/aromatic N) is 1. The number of benzene rings is 2. The second-order valence-corrected chi connectivity index (χ2v) is 7.20. The SMILES string of the molecule is COc1cc(OC)cc(N2CCC(CNC(=O)CC(N)c3ccccc3)C2)c1. The van der Waals surface area contributed by atoms with E-state index in [1.807, 2.05) is 48.5 Å². The van der Waals surface area contributed by atoms with Crippen LogP contribution in [0.2, 0.25) is 0 Å². The lowest BCUT2D eigenvalue weighted by Crippen LogP contribution is -2.32. The molecule has 150 valence electrons. The summed E-state index contributed by atoms with van der Waals surface area (Å²) in [6.07, 6.45) is 1.33. The number of nitrogens with two attached hydrogens (primary N) is 1. The monoisotopic (exact) mass is 383 g/mol. The van der Waals surface area contributed by atoms with E-state index in [0.29, 0.717) is 18.9 Å². The van der Waals surface area contributed by atoms with Crippen molar-refractivity contribution < 1.29 is 14.3 Å². The first-order chi connectivity index (χ1) is 13.6. The van der Waals surface area contributed by atoms with Crippen molar-refractivity contribution in [3.8, 4) is 11.5 Å². The Balaban J connectivity index is 1.49. The number of amides is 1. The van der Waals surface area contributed by atoms with Crippen LogP contribution in [0.15, 0.2) is 48.5 Å². The van der Waals surface area contributed by atoms with Crippen molar-refractivity contribution in [3.63, 3.8) is 0 Å². The van der Waals surface area contributed by atoms with Gasteiger partial charge in [0.2, 0.25) is 5.91 Å². The minimum atomic E-state index is -0.273. The van der Waals surface area contributed by atoms with E-state index in [2.05, 4.69) is 10.2 Å². The maximum absolute atomic E-state index is 12.3. The van der Waals surface area contributed by atoms with E-state index < -0.39 is 0 Å².